The lowest BCUT2D eigenvalue weighted by molar-refractivity contribution is -0.0495. The van der Waals surface area contributed by atoms with E-state index in [0.29, 0.717) is 18.1 Å². The number of anilines is 2. The summed E-state index contributed by atoms with van der Waals surface area (Å²) in [6.07, 6.45) is 3.30. The summed E-state index contributed by atoms with van der Waals surface area (Å²) in [5, 5.41) is 0. The van der Waals surface area contributed by atoms with E-state index in [2.05, 4.69) is 9.97 Å². The van der Waals surface area contributed by atoms with Crippen LogP contribution in [0.3, 0.4) is 0 Å². The number of benzene rings is 1. The molecule has 0 atom stereocenters. The molecule has 0 amide bonds. The van der Waals surface area contributed by atoms with Crippen molar-refractivity contribution in [3.8, 4) is 5.75 Å². The second-order valence-corrected chi connectivity index (χ2v) is 10.0. The molecule has 1 saturated heterocycles. The van der Waals surface area contributed by atoms with Crippen molar-refractivity contribution in [2.45, 2.75) is 19.5 Å². The third kappa shape index (κ3) is 4.37. The number of hydrogen-bond donors (Lipinski definition) is 0. The Kier molecular flexibility index (Phi) is 6.25. The first-order valence-electron chi connectivity index (χ1n) is 10.4. The van der Waals surface area contributed by atoms with E-state index < -0.39 is 16.8 Å². The van der Waals surface area contributed by atoms with Crippen molar-refractivity contribution in [1.82, 2.24) is 23.1 Å². The van der Waals surface area contributed by atoms with Gasteiger partial charge in [-0.1, -0.05) is 13.0 Å². The molecule has 0 aliphatic carbocycles. The second-order valence-electron chi connectivity index (χ2n) is 7.99. The summed E-state index contributed by atoms with van der Waals surface area (Å²) in [7, 11) is 1.60. The number of ether oxygens (including phenoxy) is 1. The van der Waals surface area contributed by atoms with Crippen LogP contribution in [0.25, 0.3) is 11.0 Å². The molecule has 0 N–H and O–H groups in total. The number of aryl methyl sites for hydroxylation is 1. The average molecular weight is 481 g/mol. The smallest absolute Gasteiger partial charge is 0.387 e. The molecule has 0 saturated carbocycles. The molecule has 1 fully saturated rings. The van der Waals surface area contributed by atoms with Gasteiger partial charge in [0.05, 0.1) is 23.7 Å². The molecular weight excluding hydrogens is 454 g/mol. The van der Waals surface area contributed by atoms with Crippen LogP contribution in [-0.4, -0.2) is 71.9 Å². The fraction of sp³-hybridized carbons (Fsp3) is 0.429. The van der Waals surface area contributed by atoms with Gasteiger partial charge < -0.3 is 14.2 Å². The molecule has 1 aromatic carbocycles. The van der Waals surface area contributed by atoms with Crippen LogP contribution in [0.15, 0.2) is 36.8 Å². The number of alkyl halides is 2. The zero-order valence-electron chi connectivity index (χ0n) is 18.8. The molecule has 1 aliphatic rings. The van der Waals surface area contributed by atoms with Gasteiger partial charge in [0.25, 0.3) is 10.2 Å². The van der Waals surface area contributed by atoms with Crippen molar-refractivity contribution in [1.29, 1.82) is 0 Å². The molecule has 0 radical (unpaired) electrons. The average Bonchev–Trinajstić information content (AvgIpc) is 3.11. The Morgan fingerprint density at radius 2 is 1.94 bits per heavy atom. The number of aromatic nitrogens is 3. The third-order valence-corrected chi connectivity index (χ3v) is 7.98. The Balaban J connectivity index is 1.60. The number of nitrogens with zero attached hydrogens (tertiary/aromatic N) is 6. The standard InChI is InChI=1S/C21H26F2N6O3S/c1-5-27(3)33(30,31)29-11-15(12-29)14-6-7-17(19(8-14)32-21(22)23)28(4)20-9-18-16(10-24-20)25-13-26(18)2/h6-10,13,15,21H,5,11-12H2,1-4H3. The first-order chi connectivity index (χ1) is 15.6. The van der Waals surface area contributed by atoms with E-state index in [1.807, 2.05) is 23.7 Å². The molecule has 12 heteroatoms. The maximum absolute atomic E-state index is 13.2. The summed E-state index contributed by atoms with van der Waals surface area (Å²) in [5.74, 6) is 0.443. The molecule has 178 valence electrons. The van der Waals surface area contributed by atoms with Crippen LogP contribution in [0.2, 0.25) is 0 Å². The van der Waals surface area contributed by atoms with Crippen LogP contribution in [0.1, 0.15) is 18.4 Å². The SMILES string of the molecule is CCN(C)S(=O)(=O)N1CC(c2ccc(N(C)c3cc4c(cn3)ncn4C)c(OC(F)F)c2)C1. The normalized spacial score (nSPS) is 15.4. The van der Waals surface area contributed by atoms with E-state index in [0.717, 1.165) is 16.6 Å². The van der Waals surface area contributed by atoms with Crippen LogP contribution >= 0.6 is 0 Å². The molecule has 1 aliphatic heterocycles. The van der Waals surface area contributed by atoms with Crippen molar-refractivity contribution in [3.05, 3.63) is 42.4 Å². The predicted octanol–water partition coefficient (Wildman–Crippen LogP) is 2.93. The Labute approximate surface area is 191 Å². The fourth-order valence-corrected chi connectivity index (χ4v) is 5.23. The van der Waals surface area contributed by atoms with E-state index in [-0.39, 0.29) is 24.8 Å². The topological polar surface area (TPSA) is 83.8 Å². The van der Waals surface area contributed by atoms with E-state index in [4.69, 9.17) is 4.74 Å². The molecule has 0 bridgehead atoms. The first kappa shape index (κ1) is 23.3. The zero-order chi connectivity index (χ0) is 23.9. The van der Waals surface area contributed by atoms with Crippen molar-refractivity contribution >= 4 is 32.7 Å². The zero-order valence-corrected chi connectivity index (χ0v) is 19.6. The quantitative estimate of drug-likeness (QED) is 0.493. The van der Waals surface area contributed by atoms with Gasteiger partial charge in [-0.3, -0.25) is 0 Å². The highest BCUT2D eigenvalue weighted by Crippen LogP contribution is 2.38. The van der Waals surface area contributed by atoms with Crippen molar-refractivity contribution in [3.63, 3.8) is 0 Å². The van der Waals surface area contributed by atoms with Crippen molar-refractivity contribution < 1.29 is 21.9 Å². The number of fused-ring (bicyclic) bond motifs is 1. The monoisotopic (exact) mass is 480 g/mol. The molecular formula is C21H26F2N6O3S. The van der Waals surface area contributed by atoms with Crippen molar-refractivity contribution in [2.75, 3.05) is 38.6 Å². The Morgan fingerprint density at radius 1 is 1.21 bits per heavy atom. The van der Waals surface area contributed by atoms with Gasteiger partial charge in [-0.05, 0) is 17.7 Å². The minimum Gasteiger partial charge on any atom is -0.433 e. The Bertz CT molecular complexity index is 1260. The second kappa shape index (κ2) is 8.84. The first-order valence-corrected chi connectivity index (χ1v) is 11.8. The number of halogens is 2. The Morgan fingerprint density at radius 3 is 2.61 bits per heavy atom. The molecule has 2 aromatic heterocycles. The number of rotatable bonds is 8. The van der Waals surface area contributed by atoms with E-state index in [1.165, 1.54) is 15.7 Å². The maximum Gasteiger partial charge on any atom is 0.387 e. The summed E-state index contributed by atoms with van der Waals surface area (Å²) in [6, 6.07) is 6.88. The molecule has 9 nitrogen and oxygen atoms in total. The largest absolute Gasteiger partial charge is 0.433 e. The predicted molar refractivity (Wildman–Crippen MR) is 121 cm³/mol. The van der Waals surface area contributed by atoms with Gasteiger partial charge in [-0.15, -0.1) is 0 Å². The van der Waals surface area contributed by atoms with Gasteiger partial charge in [0.1, 0.15) is 17.1 Å². The van der Waals surface area contributed by atoms with Crippen LogP contribution < -0.4 is 9.64 Å². The van der Waals surface area contributed by atoms with Gasteiger partial charge in [0.2, 0.25) is 0 Å². The van der Waals surface area contributed by atoms with Gasteiger partial charge in [-0.25, -0.2) is 9.97 Å². The molecule has 0 spiro atoms. The molecule has 4 rings (SSSR count). The van der Waals surface area contributed by atoms with Crippen LogP contribution in [-0.2, 0) is 17.3 Å². The summed E-state index contributed by atoms with van der Waals surface area (Å²) in [6.45, 7) is -0.297. The molecule has 0 unspecified atom stereocenters. The molecule has 33 heavy (non-hydrogen) atoms. The summed E-state index contributed by atoms with van der Waals surface area (Å²) < 4.78 is 60.6. The fourth-order valence-electron chi connectivity index (χ4n) is 3.78. The minimum atomic E-state index is -3.50. The van der Waals surface area contributed by atoms with Crippen LogP contribution in [0, 0.1) is 0 Å². The lowest BCUT2D eigenvalue weighted by atomic mass is 9.93. The maximum atomic E-state index is 13.2. The number of hydrogen-bond acceptors (Lipinski definition) is 6. The van der Waals surface area contributed by atoms with E-state index >= 15 is 0 Å². The summed E-state index contributed by atoms with van der Waals surface area (Å²) >= 11 is 0. The number of pyridine rings is 1. The lowest BCUT2D eigenvalue weighted by Gasteiger charge is -2.40. The highest BCUT2D eigenvalue weighted by molar-refractivity contribution is 7.86. The van der Waals surface area contributed by atoms with Gasteiger partial charge in [-0.2, -0.15) is 25.8 Å². The van der Waals surface area contributed by atoms with Crippen LogP contribution in [0.4, 0.5) is 20.3 Å². The highest BCUT2D eigenvalue weighted by Gasteiger charge is 2.38. The van der Waals surface area contributed by atoms with Crippen molar-refractivity contribution in [2.24, 2.45) is 7.05 Å². The Hall–Kier alpha value is -2.83. The van der Waals surface area contributed by atoms with E-state index in [1.54, 1.807) is 43.5 Å². The van der Waals surface area contributed by atoms with Crippen LogP contribution in [0.5, 0.6) is 5.75 Å². The molecule has 3 heterocycles. The summed E-state index contributed by atoms with van der Waals surface area (Å²) in [5.41, 5.74) is 2.74. The lowest BCUT2D eigenvalue weighted by Crippen LogP contribution is -2.53. The van der Waals surface area contributed by atoms with Gasteiger partial charge in [0.15, 0.2) is 0 Å². The van der Waals surface area contributed by atoms with Gasteiger partial charge >= 0.3 is 6.61 Å². The molecule has 3 aromatic rings. The third-order valence-electron chi connectivity index (χ3n) is 5.99. The highest BCUT2D eigenvalue weighted by atomic mass is 32.2. The van der Waals surface area contributed by atoms with Gasteiger partial charge in [0, 0.05) is 52.8 Å². The summed E-state index contributed by atoms with van der Waals surface area (Å²) in [4.78, 5) is 10.3. The number of imidazole rings is 1. The minimum absolute atomic E-state index is 0.00360. The van der Waals surface area contributed by atoms with E-state index in [9.17, 15) is 17.2 Å².